The highest BCUT2D eigenvalue weighted by Gasteiger charge is 2.15. The van der Waals surface area contributed by atoms with E-state index in [1.165, 1.54) is 0 Å². The Hall–Kier alpha value is -1.36. The van der Waals surface area contributed by atoms with Crippen LogP contribution in [0.4, 0.5) is 0 Å². The highest BCUT2D eigenvalue weighted by atomic mass is 16.5. The standard InChI is InChI=1S/C11H18O5/c1-3-5-8(4-2)16-7-6-9(10(12)13)11(14)15/h6,8H,3-5,7H2,1-2H3,(H,12,13)(H,14,15). The number of rotatable bonds is 8. The number of hydrogen-bond acceptors (Lipinski definition) is 3. The molecule has 0 aliphatic heterocycles. The first-order valence-corrected chi connectivity index (χ1v) is 5.31. The van der Waals surface area contributed by atoms with Crippen LogP contribution in [-0.2, 0) is 14.3 Å². The maximum absolute atomic E-state index is 10.5. The third kappa shape index (κ3) is 5.50. The highest BCUT2D eigenvalue weighted by molar-refractivity contribution is 6.12. The van der Waals surface area contributed by atoms with Crippen LogP contribution in [0, 0.1) is 0 Å². The second-order valence-corrected chi connectivity index (χ2v) is 3.38. The zero-order chi connectivity index (χ0) is 12.6. The fraction of sp³-hybridized carbons (Fsp3) is 0.636. The van der Waals surface area contributed by atoms with Crippen molar-refractivity contribution in [2.24, 2.45) is 0 Å². The zero-order valence-corrected chi connectivity index (χ0v) is 9.60. The number of carboxylic acids is 2. The van der Waals surface area contributed by atoms with E-state index in [4.69, 9.17) is 14.9 Å². The average molecular weight is 230 g/mol. The molecule has 0 aromatic carbocycles. The maximum atomic E-state index is 10.5. The van der Waals surface area contributed by atoms with Gasteiger partial charge in [0.1, 0.15) is 5.57 Å². The Morgan fingerprint density at radius 1 is 1.25 bits per heavy atom. The minimum Gasteiger partial charge on any atom is -0.477 e. The third-order valence-electron chi connectivity index (χ3n) is 2.15. The molecule has 0 radical (unpaired) electrons. The van der Waals surface area contributed by atoms with Crippen LogP contribution >= 0.6 is 0 Å². The molecule has 0 amide bonds. The number of ether oxygens (including phenoxy) is 1. The molecule has 16 heavy (non-hydrogen) atoms. The van der Waals surface area contributed by atoms with Crippen molar-refractivity contribution in [1.82, 2.24) is 0 Å². The monoisotopic (exact) mass is 230 g/mol. The van der Waals surface area contributed by atoms with Gasteiger partial charge >= 0.3 is 11.9 Å². The molecular weight excluding hydrogens is 212 g/mol. The molecule has 0 saturated carbocycles. The van der Waals surface area contributed by atoms with Gasteiger partial charge in [-0.05, 0) is 18.9 Å². The first-order valence-electron chi connectivity index (χ1n) is 5.31. The van der Waals surface area contributed by atoms with Crippen LogP contribution < -0.4 is 0 Å². The van der Waals surface area contributed by atoms with Gasteiger partial charge in [0.25, 0.3) is 0 Å². The smallest absolute Gasteiger partial charge is 0.342 e. The summed E-state index contributed by atoms with van der Waals surface area (Å²) in [5.74, 6) is -2.89. The van der Waals surface area contributed by atoms with Gasteiger partial charge in [-0.3, -0.25) is 0 Å². The number of carboxylic acid groups (broad SMARTS) is 2. The summed E-state index contributed by atoms with van der Waals surface area (Å²) < 4.78 is 5.36. The molecule has 0 bridgehead atoms. The summed E-state index contributed by atoms with van der Waals surface area (Å²) in [7, 11) is 0. The molecule has 0 aromatic rings. The van der Waals surface area contributed by atoms with Crippen molar-refractivity contribution in [2.75, 3.05) is 6.61 Å². The minimum absolute atomic E-state index is 0.0203. The molecule has 1 atom stereocenters. The number of aliphatic carboxylic acids is 2. The molecule has 0 heterocycles. The van der Waals surface area contributed by atoms with Crippen LogP contribution in [0.2, 0.25) is 0 Å². The summed E-state index contributed by atoms with van der Waals surface area (Å²) in [5.41, 5.74) is -0.647. The van der Waals surface area contributed by atoms with E-state index >= 15 is 0 Å². The predicted octanol–water partition coefficient (Wildman–Crippen LogP) is 1.68. The van der Waals surface area contributed by atoms with Crippen LogP contribution in [0.3, 0.4) is 0 Å². The maximum Gasteiger partial charge on any atom is 0.342 e. The molecule has 5 nitrogen and oxygen atoms in total. The van der Waals surface area contributed by atoms with Gasteiger partial charge in [0.05, 0.1) is 12.7 Å². The van der Waals surface area contributed by atoms with Crippen molar-refractivity contribution in [2.45, 2.75) is 39.2 Å². The van der Waals surface area contributed by atoms with E-state index in [1.54, 1.807) is 0 Å². The normalized spacial score (nSPS) is 11.9. The quantitative estimate of drug-likeness (QED) is 0.376. The van der Waals surface area contributed by atoms with Crippen molar-refractivity contribution >= 4 is 11.9 Å². The van der Waals surface area contributed by atoms with Gasteiger partial charge in [-0.25, -0.2) is 9.59 Å². The van der Waals surface area contributed by atoms with E-state index in [0.29, 0.717) is 0 Å². The molecule has 92 valence electrons. The molecule has 0 saturated heterocycles. The van der Waals surface area contributed by atoms with Gasteiger partial charge in [-0.1, -0.05) is 20.3 Å². The van der Waals surface area contributed by atoms with Crippen LogP contribution in [0.1, 0.15) is 33.1 Å². The molecule has 0 aromatic heterocycles. The van der Waals surface area contributed by atoms with Gasteiger partial charge in [0.15, 0.2) is 0 Å². The zero-order valence-electron chi connectivity index (χ0n) is 9.60. The van der Waals surface area contributed by atoms with Crippen LogP contribution in [0.15, 0.2) is 11.6 Å². The predicted molar refractivity (Wildman–Crippen MR) is 58.3 cm³/mol. The molecule has 1 unspecified atom stereocenters. The summed E-state index contributed by atoms with van der Waals surface area (Å²) in [6, 6.07) is 0. The Bertz CT molecular complexity index is 254. The van der Waals surface area contributed by atoms with Gasteiger partial charge in [-0.2, -0.15) is 0 Å². The van der Waals surface area contributed by atoms with Crippen molar-refractivity contribution in [3.05, 3.63) is 11.6 Å². The third-order valence-corrected chi connectivity index (χ3v) is 2.15. The van der Waals surface area contributed by atoms with Gasteiger partial charge in [0.2, 0.25) is 0 Å². The topological polar surface area (TPSA) is 83.8 Å². The Morgan fingerprint density at radius 3 is 2.19 bits per heavy atom. The summed E-state index contributed by atoms with van der Waals surface area (Å²) in [5, 5.41) is 17.1. The lowest BCUT2D eigenvalue weighted by Gasteiger charge is -2.13. The Labute approximate surface area is 94.7 Å². The lowest BCUT2D eigenvalue weighted by atomic mass is 10.1. The SMILES string of the molecule is CCCC(CC)OCC=C(C(=O)O)C(=O)O. The molecule has 5 heteroatoms. The van der Waals surface area contributed by atoms with E-state index in [9.17, 15) is 9.59 Å². The second kappa shape index (κ2) is 7.87. The van der Waals surface area contributed by atoms with E-state index in [-0.39, 0.29) is 12.7 Å². The van der Waals surface area contributed by atoms with Crippen molar-refractivity contribution in [3.63, 3.8) is 0 Å². The fourth-order valence-electron chi connectivity index (χ4n) is 1.26. The lowest BCUT2D eigenvalue weighted by molar-refractivity contribution is -0.140. The number of carbonyl (C=O) groups is 2. The summed E-state index contributed by atoms with van der Waals surface area (Å²) >= 11 is 0. The van der Waals surface area contributed by atoms with Crippen LogP contribution in [-0.4, -0.2) is 34.9 Å². The molecule has 0 rings (SSSR count). The molecule has 0 aliphatic rings. The Kier molecular flexibility index (Phi) is 7.20. The van der Waals surface area contributed by atoms with E-state index in [2.05, 4.69) is 0 Å². The van der Waals surface area contributed by atoms with Crippen molar-refractivity contribution < 1.29 is 24.5 Å². The highest BCUT2D eigenvalue weighted by Crippen LogP contribution is 2.06. The summed E-state index contributed by atoms with van der Waals surface area (Å²) in [6.07, 6.45) is 3.84. The van der Waals surface area contributed by atoms with E-state index in [1.807, 2.05) is 13.8 Å². The molecule has 0 aliphatic carbocycles. The summed E-state index contributed by atoms with van der Waals surface area (Å²) in [6.45, 7) is 4.02. The largest absolute Gasteiger partial charge is 0.477 e. The number of hydrogen-bond donors (Lipinski definition) is 2. The van der Waals surface area contributed by atoms with Crippen molar-refractivity contribution in [1.29, 1.82) is 0 Å². The van der Waals surface area contributed by atoms with E-state index in [0.717, 1.165) is 25.3 Å². The van der Waals surface area contributed by atoms with Crippen molar-refractivity contribution in [3.8, 4) is 0 Å². The van der Waals surface area contributed by atoms with Gasteiger partial charge < -0.3 is 14.9 Å². The fourth-order valence-corrected chi connectivity index (χ4v) is 1.26. The molecule has 2 N–H and O–H groups in total. The average Bonchev–Trinajstić information content (AvgIpc) is 2.21. The van der Waals surface area contributed by atoms with Crippen LogP contribution in [0.5, 0.6) is 0 Å². The van der Waals surface area contributed by atoms with E-state index < -0.39 is 17.5 Å². The molecule has 0 spiro atoms. The minimum atomic E-state index is -1.44. The molecular formula is C11H18O5. The lowest BCUT2D eigenvalue weighted by Crippen LogP contribution is -2.15. The van der Waals surface area contributed by atoms with Gasteiger partial charge in [-0.15, -0.1) is 0 Å². The summed E-state index contributed by atoms with van der Waals surface area (Å²) in [4.78, 5) is 21.0. The van der Waals surface area contributed by atoms with Gasteiger partial charge in [0, 0.05) is 0 Å². The second-order valence-electron chi connectivity index (χ2n) is 3.38. The van der Waals surface area contributed by atoms with Crippen LogP contribution in [0.25, 0.3) is 0 Å². The first-order chi connectivity index (χ1) is 7.52. The first kappa shape index (κ1) is 14.6. The Morgan fingerprint density at radius 2 is 1.81 bits per heavy atom. The Balaban J connectivity index is 4.23. The molecule has 0 fully saturated rings.